The zero-order valence-corrected chi connectivity index (χ0v) is 16.8. The van der Waals surface area contributed by atoms with Crippen LogP contribution in [0.3, 0.4) is 0 Å². The molecule has 0 atom stereocenters. The Labute approximate surface area is 169 Å². The Morgan fingerprint density at radius 2 is 1.76 bits per heavy atom. The van der Waals surface area contributed by atoms with Crippen molar-refractivity contribution in [1.82, 2.24) is 18.8 Å². The first-order chi connectivity index (χ1) is 13.9. The number of H-pyrrole nitrogens is 1. The number of halogens is 1. The second-order valence-electron chi connectivity index (χ2n) is 7.43. The Morgan fingerprint density at radius 1 is 1.10 bits per heavy atom. The highest BCUT2D eigenvalue weighted by Gasteiger charge is 2.35. The van der Waals surface area contributed by atoms with Crippen LogP contribution in [0.4, 0.5) is 10.1 Å². The van der Waals surface area contributed by atoms with Gasteiger partial charge < -0.3 is 5.32 Å². The molecule has 1 aromatic heterocycles. The molecule has 8 nitrogen and oxygen atoms in total. The van der Waals surface area contributed by atoms with Crippen molar-refractivity contribution in [2.75, 3.05) is 31.5 Å². The van der Waals surface area contributed by atoms with Crippen LogP contribution in [0, 0.1) is 5.82 Å². The highest BCUT2D eigenvalue weighted by molar-refractivity contribution is 7.86. The summed E-state index contributed by atoms with van der Waals surface area (Å²) in [5.41, 5.74) is 1.07. The molecule has 2 fully saturated rings. The number of amides is 1. The maximum atomic E-state index is 13.7. The van der Waals surface area contributed by atoms with Crippen molar-refractivity contribution < 1.29 is 17.6 Å². The fraction of sp³-hybridized carbons (Fsp3) is 0.474. The van der Waals surface area contributed by atoms with Gasteiger partial charge in [0.25, 0.3) is 16.1 Å². The molecule has 2 aromatic rings. The summed E-state index contributed by atoms with van der Waals surface area (Å²) in [6.45, 7) is 2.09. The molecule has 4 rings (SSSR count). The van der Waals surface area contributed by atoms with Gasteiger partial charge in [-0.1, -0.05) is 12.1 Å². The van der Waals surface area contributed by atoms with Gasteiger partial charge in [-0.2, -0.15) is 22.1 Å². The normalized spacial score (nSPS) is 19.5. The van der Waals surface area contributed by atoms with Crippen LogP contribution in [0.25, 0.3) is 0 Å². The first-order valence-corrected chi connectivity index (χ1v) is 11.2. The predicted molar refractivity (Wildman–Crippen MR) is 106 cm³/mol. The lowest BCUT2D eigenvalue weighted by Crippen LogP contribution is -2.45. The van der Waals surface area contributed by atoms with Crippen molar-refractivity contribution in [1.29, 1.82) is 0 Å². The van der Waals surface area contributed by atoms with Crippen LogP contribution in [0.2, 0.25) is 0 Å². The number of nitrogens with one attached hydrogen (secondary N) is 2. The number of hydrogen-bond acceptors (Lipinski definition) is 4. The number of carbonyl (C=O) groups is 1. The number of aromatic amines is 1. The average molecular weight is 421 g/mol. The van der Waals surface area contributed by atoms with Gasteiger partial charge in [0.1, 0.15) is 5.82 Å². The molecule has 0 bridgehead atoms. The van der Waals surface area contributed by atoms with E-state index >= 15 is 0 Å². The number of nitrogens with zero attached hydrogens (tertiary/aromatic N) is 3. The van der Waals surface area contributed by atoms with E-state index in [4.69, 9.17) is 0 Å². The highest BCUT2D eigenvalue weighted by atomic mass is 32.2. The summed E-state index contributed by atoms with van der Waals surface area (Å²) in [5, 5.41) is 9.44. The smallest absolute Gasteiger partial charge is 0.281 e. The second kappa shape index (κ2) is 8.21. The standard InChI is InChI=1S/C19H24FN5O3S/c20-15-5-1-2-6-16(15)21-19(26)18-13-17(22-23-18)14-7-11-25(12-8-14)29(27,28)24-9-3-4-10-24/h1-2,5-6,13-14H,3-4,7-12H2,(H,21,26)(H,22,23). The summed E-state index contributed by atoms with van der Waals surface area (Å²) in [4.78, 5) is 12.3. The molecule has 0 saturated carbocycles. The summed E-state index contributed by atoms with van der Waals surface area (Å²) in [5.74, 6) is -0.905. The van der Waals surface area contributed by atoms with Crippen molar-refractivity contribution in [2.45, 2.75) is 31.6 Å². The number of benzene rings is 1. The maximum absolute atomic E-state index is 13.7. The van der Waals surface area contributed by atoms with Gasteiger partial charge in [-0.3, -0.25) is 9.89 Å². The summed E-state index contributed by atoms with van der Waals surface area (Å²) in [6, 6.07) is 7.60. The predicted octanol–water partition coefficient (Wildman–Crippen LogP) is 2.32. The Bertz CT molecular complexity index is 979. The molecule has 2 aliphatic heterocycles. The van der Waals surface area contributed by atoms with Crippen LogP contribution in [0.5, 0.6) is 0 Å². The number of aromatic nitrogens is 2. The van der Waals surface area contributed by atoms with Crippen molar-refractivity contribution in [3.63, 3.8) is 0 Å². The average Bonchev–Trinajstić information content (AvgIpc) is 3.42. The third-order valence-electron chi connectivity index (χ3n) is 5.56. The van der Waals surface area contributed by atoms with Gasteiger partial charge in [-0.15, -0.1) is 0 Å². The lowest BCUT2D eigenvalue weighted by molar-refractivity contribution is 0.102. The molecule has 1 amide bonds. The highest BCUT2D eigenvalue weighted by Crippen LogP contribution is 2.30. The third kappa shape index (κ3) is 4.19. The second-order valence-corrected chi connectivity index (χ2v) is 9.36. The zero-order chi connectivity index (χ0) is 20.4. The van der Waals surface area contributed by atoms with Gasteiger partial charge in [-0.05, 0) is 43.9 Å². The minimum absolute atomic E-state index is 0.0995. The minimum atomic E-state index is -3.37. The van der Waals surface area contributed by atoms with Gasteiger partial charge >= 0.3 is 0 Å². The molecule has 10 heteroatoms. The fourth-order valence-corrected chi connectivity index (χ4v) is 5.61. The van der Waals surface area contributed by atoms with E-state index in [2.05, 4.69) is 15.5 Å². The van der Waals surface area contributed by atoms with Gasteiger partial charge in [0.05, 0.1) is 5.69 Å². The summed E-state index contributed by atoms with van der Waals surface area (Å²) < 4.78 is 42.2. The molecule has 0 spiro atoms. The topological polar surface area (TPSA) is 98.4 Å². The molecule has 3 heterocycles. The van der Waals surface area contributed by atoms with Crippen molar-refractivity contribution in [3.05, 3.63) is 47.5 Å². The number of hydrogen-bond donors (Lipinski definition) is 2. The van der Waals surface area contributed by atoms with Crippen LogP contribution >= 0.6 is 0 Å². The molecule has 0 radical (unpaired) electrons. The van der Waals surface area contributed by atoms with Crippen LogP contribution in [-0.4, -0.2) is 59.3 Å². The van der Waals surface area contributed by atoms with E-state index in [9.17, 15) is 17.6 Å². The number of carbonyl (C=O) groups excluding carboxylic acids is 1. The molecule has 2 saturated heterocycles. The molecule has 156 valence electrons. The molecule has 0 unspecified atom stereocenters. The van der Waals surface area contributed by atoms with Crippen molar-refractivity contribution >= 4 is 21.8 Å². The van der Waals surface area contributed by atoms with E-state index in [1.165, 1.54) is 12.1 Å². The summed E-state index contributed by atoms with van der Waals surface area (Å²) in [7, 11) is -3.37. The SMILES string of the molecule is O=C(Nc1ccccc1F)c1cc(C2CCN(S(=O)(=O)N3CCCC3)CC2)[nH]n1. The summed E-state index contributed by atoms with van der Waals surface area (Å²) in [6.07, 6.45) is 3.15. The van der Waals surface area contributed by atoms with Crippen LogP contribution in [-0.2, 0) is 10.2 Å². The zero-order valence-electron chi connectivity index (χ0n) is 16.0. The third-order valence-corrected chi connectivity index (χ3v) is 7.60. The van der Waals surface area contributed by atoms with Crippen LogP contribution in [0.15, 0.2) is 30.3 Å². The maximum Gasteiger partial charge on any atom is 0.281 e. The molecular weight excluding hydrogens is 397 g/mol. The lowest BCUT2D eigenvalue weighted by atomic mass is 9.94. The minimum Gasteiger partial charge on any atom is -0.318 e. The van der Waals surface area contributed by atoms with Crippen LogP contribution in [0.1, 0.15) is 47.8 Å². The molecule has 2 N–H and O–H groups in total. The number of piperidine rings is 1. The number of anilines is 1. The van der Waals surface area contributed by atoms with Crippen LogP contribution < -0.4 is 5.32 Å². The Hall–Kier alpha value is -2.30. The van der Waals surface area contributed by atoms with Crippen molar-refractivity contribution in [3.8, 4) is 0 Å². The Kier molecular flexibility index (Phi) is 5.66. The number of para-hydroxylation sites is 1. The largest absolute Gasteiger partial charge is 0.318 e. The van der Waals surface area contributed by atoms with Gasteiger partial charge in [0.2, 0.25) is 0 Å². The van der Waals surface area contributed by atoms with E-state index in [1.54, 1.807) is 26.8 Å². The fourth-order valence-electron chi connectivity index (χ4n) is 3.89. The van der Waals surface area contributed by atoms with Crippen molar-refractivity contribution in [2.24, 2.45) is 0 Å². The molecule has 2 aliphatic rings. The first kappa shape index (κ1) is 20.0. The summed E-state index contributed by atoms with van der Waals surface area (Å²) >= 11 is 0. The lowest BCUT2D eigenvalue weighted by Gasteiger charge is -2.33. The molecular formula is C19H24FN5O3S. The van der Waals surface area contributed by atoms with E-state index < -0.39 is 21.9 Å². The van der Waals surface area contributed by atoms with E-state index in [0.717, 1.165) is 18.5 Å². The Balaban J connectivity index is 1.37. The molecule has 1 aromatic carbocycles. The molecule has 0 aliphatic carbocycles. The van der Waals surface area contributed by atoms with E-state index in [-0.39, 0.29) is 17.3 Å². The van der Waals surface area contributed by atoms with E-state index in [0.29, 0.717) is 39.0 Å². The number of rotatable bonds is 5. The first-order valence-electron chi connectivity index (χ1n) is 9.81. The monoisotopic (exact) mass is 421 g/mol. The van der Waals surface area contributed by atoms with Gasteiger partial charge in [-0.25, -0.2) is 4.39 Å². The van der Waals surface area contributed by atoms with Gasteiger partial charge in [0, 0.05) is 37.8 Å². The van der Waals surface area contributed by atoms with E-state index in [1.807, 2.05) is 0 Å². The quantitative estimate of drug-likeness (QED) is 0.774. The van der Waals surface area contributed by atoms with Gasteiger partial charge in [0.15, 0.2) is 5.69 Å². The Morgan fingerprint density at radius 3 is 2.45 bits per heavy atom. The molecule has 29 heavy (non-hydrogen) atoms.